The van der Waals surface area contributed by atoms with Gasteiger partial charge in [-0.1, -0.05) is 30.3 Å². The Morgan fingerprint density at radius 2 is 1.81 bits per heavy atom. The maximum Gasteiger partial charge on any atom is 0.191 e. The molecule has 2 rings (SSSR count). The molecule has 2 N–H and O–H groups in total. The highest BCUT2D eigenvalue weighted by atomic mass is 127. The van der Waals surface area contributed by atoms with Gasteiger partial charge >= 0.3 is 0 Å². The van der Waals surface area contributed by atoms with Gasteiger partial charge in [0.05, 0.1) is 27.4 Å². The molecule has 2 aromatic carbocycles. The highest BCUT2D eigenvalue weighted by Crippen LogP contribution is 2.17. The molecule has 148 valence electrons. The maximum absolute atomic E-state index is 5.71. The number of hydrogen-bond donors (Lipinski definition) is 2. The van der Waals surface area contributed by atoms with Gasteiger partial charge in [0.1, 0.15) is 11.5 Å². The molecule has 0 saturated carbocycles. The van der Waals surface area contributed by atoms with Crippen LogP contribution in [-0.4, -0.2) is 40.4 Å². The first-order valence-corrected chi connectivity index (χ1v) is 8.54. The molecule has 6 nitrogen and oxygen atoms in total. The van der Waals surface area contributed by atoms with Crippen LogP contribution in [0.15, 0.2) is 53.5 Å². The molecule has 0 aliphatic rings. The number of guanidine groups is 1. The molecule has 0 bridgehead atoms. The zero-order valence-electron chi connectivity index (χ0n) is 16.0. The molecular weight excluding hydrogens is 457 g/mol. The van der Waals surface area contributed by atoms with Gasteiger partial charge < -0.3 is 24.8 Å². The summed E-state index contributed by atoms with van der Waals surface area (Å²) in [7, 11) is 5.08. The molecular formula is C20H28IN3O3. The number of halogens is 1. The monoisotopic (exact) mass is 485 g/mol. The normalized spacial score (nSPS) is 10.7. The van der Waals surface area contributed by atoms with E-state index < -0.39 is 0 Å². The Kier molecular flexibility index (Phi) is 11.3. The van der Waals surface area contributed by atoms with E-state index in [-0.39, 0.29) is 24.0 Å². The largest absolute Gasteiger partial charge is 0.497 e. The van der Waals surface area contributed by atoms with Crippen molar-refractivity contribution >= 4 is 29.9 Å². The molecule has 27 heavy (non-hydrogen) atoms. The predicted molar refractivity (Wildman–Crippen MR) is 119 cm³/mol. The van der Waals surface area contributed by atoms with Crippen molar-refractivity contribution in [1.29, 1.82) is 0 Å². The summed E-state index contributed by atoms with van der Waals surface area (Å²) in [6.45, 7) is 2.41. The molecule has 0 atom stereocenters. The molecule has 0 radical (unpaired) electrons. The Balaban J connectivity index is 0.00000364. The van der Waals surface area contributed by atoms with Gasteiger partial charge in [-0.2, -0.15) is 0 Å². The first-order valence-electron chi connectivity index (χ1n) is 8.54. The Morgan fingerprint density at radius 3 is 2.56 bits per heavy atom. The number of ether oxygens (including phenoxy) is 3. The van der Waals surface area contributed by atoms with Crippen LogP contribution in [0.2, 0.25) is 0 Å². The number of methoxy groups -OCH3 is 2. The second-order valence-corrected chi connectivity index (χ2v) is 5.57. The molecule has 0 spiro atoms. The quantitative estimate of drug-likeness (QED) is 0.247. The van der Waals surface area contributed by atoms with Gasteiger partial charge in [-0.05, 0) is 23.8 Å². The molecule has 0 aliphatic carbocycles. The second-order valence-electron chi connectivity index (χ2n) is 5.57. The van der Waals surface area contributed by atoms with E-state index in [0.717, 1.165) is 28.6 Å². The van der Waals surface area contributed by atoms with Gasteiger partial charge in [-0.15, -0.1) is 24.0 Å². The van der Waals surface area contributed by atoms with Crippen molar-refractivity contribution < 1.29 is 14.2 Å². The molecule has 0 fully saturated rings. The van der Waals surface area contributed by atoms with Crippen molar-refractivity contribution in [1.82, 2.24) is 10.6 Å². The number of benzene rings is 2. The highest BCUT2D eigenvalue weighted by Gasteiger charge is 2.02. The van der Waals surface area contributed by atoms with Crippen molar-refractivity contribution in [2.75, 3.05) is 34.4 Å². The predicted octanol–water partition coefficient (Wildman–Crippen LogP) is 3.20. The van der Waals surface area contributed by atoms with Gasteiger partial charge in [0.15, 0.2) is 5.96 Å². The topological polar surface area (TPSA) is 64.1 Å². The van der Waals surface area contributed by atoms with Crippen molar-refractivity contribution in [2.45, 2.75) is 13.2 Å². The van der Waals surface area contributed by atoms with Crippen LogP contribution in [0.25, 0.3) is 0 Å². The van der Waals surface area contributed by atoms with Crippen molar-refractivity contribution in [2.24, 2.45) is 4.99 Å². The van der Waals surface area contributed by atoms with E-state index in [1.807, 2.05) is 48.5 Å². The molecule has 2 aromatic rings. The summed E-state index contributed by atoms with van der Waals surface area (Å²) in [5, 5.41) is 6.51. The summed E-state index contributed by atoms with van der Waals surface area (Å²) >= 11 is 0. The molecule has 0 aliphatic heterocycles. The molecule has 7 heteroatoms. The smallest absolute Gasteiger partial charge is 0.191 e. The van der Waals surface area contributed by atoms with Crippen molar-refractivity contribution in [3.05, 3.63) is 59.7 Å². The zero-order chi connectivity index (χ0) is 18.6. The van der Waals surface area contributed by atoms with Crippen LogP contribution in [0, 0.1) is 0 Å². The van der Waals surface area contributed by atoms with Crippen LogP contribution in [0.5, 0.6) is 11.5 Å². The van der Waals surface area contributed by atoms with Gasteiger partial charge in [-0.25, -0.2) is 0 Å². The lowest BCUT2D eigenvalue weighted by Crippen LogP contribution is -2.38. The first-order chi connectivity index (χ1) is 12.8. The Bertz CT molecular complexity index is 710. The summed E-state index contributed by atoms with van der Waals surface area (Å²) in [5.74, 6) is 2.42. The maximum atomic E-state index is 5.71. The average Bonchev–Trinajstić information content (AvgIpc) is 2.70. The lowest BCUT2D eigenvalue weighted by atomic mass is 10.2. The SMILES string of the molecule is CN=C(NCCOCc1ccccc1OC)NCc1cccc(OC)c1.I. The van der Waals surface area contributed by atoms with E-state index in [1.54, 1.807) is 21.3 Å². The van der Waals surface area contributed by atoms with Crippen LogP contribution < -0.4 is 20.1 Å². The lowest BCUT2D eigenvalue weighted by molar-refractivity contribution is 0.123. The zero-order valence-corrected chi connectivity index (χ0v) is 18.4. The number of hydrogen-bond acceptors (Lipinski definition) is 4. The van der Waals surface area contributed by atoms with Crippen LogP contribution in [0.4, 0.5) is 0 Å². The molecule has 0 amide bonds. The summed E-state index contributed by atoms with van der Waals surface area (Å²) in [6, 6.07) is 15.8. The Morgan fingerprint density at radius 1 is 1.00 bits per heavy atom. The van der Waals surface area contributed by atoms with E-state index in [4.69, 9.17) is 14.2 Å². The van der Waals surface area contributed by atoms with Crippen molar-refractivity contribution in [3.8, 4) is 11.5 Å². The number of nitrogens with zero attached hydrogens (tertiary/aromatic N) is 1. The fourth-order valence-electron chi connectivity index (χ4n) is 2.43. The minimum absolute atomic E-state index is 0. The lowest BCUT2D eigenvalue weighted by Gasteiger charge is -2.13. The number of rotatable bonds is 9. The fourth-order valence-corrected chi connectivity index (χ4v) is 2.43. The molecule has 0 unspecified atom stereocenters. The van der Waals surface area contributed by atoms with Gasteiger partial charge in [0.25, 0.3) is 0 Å². The van der Waals surface area contributed by atoms with Gasteiger partial charge in [-0.3, -0.25) is 4.99 Å². The molecule has 0 aromatic heterocycles. The Hall–Kier alpha value is -2.00. The number of aliphatic imine (C=N–C) groups is 1. The third kappa shape index (κ3) is 8.04. The van der Waals surface area contributed by atoms with E-state index in [0.29, 0.717) is 26.3 Å². The van der Waals surface area contributed by atoms with Crippen LogP contribution >= 0.6 is 24.0 Å². The summed E-state index contributed by atoms with van der Waals surface area (Å²) in [4.78, 5) is 4.22. The summed E-state index contributed by atoms with van der Waals surface area (Å²) in [5.41, 5.74) is 2.16. The number of para-hydroxylation sites is 1. The van der Waals surface area contributed by atoms with E-state index in [1.165, 1.54) is 0 Å². The highest BCUT2D eigenvalue weighted by molar-refractivity contribution is 14.0. The first kappa shape index (κ1) is 23.0. The van der Waals surface area contributed by atoms with E-state index >= 15 is 0 Å². The minimum Gasteiger partial charge on any atom is -0.497 e. The van der Waals surface area contributed by atoms with E-state index in [9.17, 15) is 0 Å². The van der Waals surface area contributed by atoms with Gasteiger partial charge in [0, 0.05) is 25.7 Å². The Labute approximate surface area is 178 Å². The van der Waals surface area contributed by atoms with E-state index in [2.05, 4.69) is 15.6 Å². The van der Waals surface area contributed by atoms with Crippen LogP contribution in [-0.2, 0) is 17.9 Å². The average molecular weight is 485 g/mol. The fraction of sp³-hybridized carbons (Fsp3) is 0.350. The third-order valence-electron chi connectivity index (χ3n) is 3.81. The third-order valence-corrected chi connectivity index (χ3v) is 3.81. The summed E-state index contributed by atoms with van der Waals surface area (Å²) in [6.07, 6.45) is 0. The minimum atomic E-state index is 0. The second kappa shape index (κ2) is 13.2. The van der Waals surface area contributed by atoms with Gasteiger partial charge in [0.2, 0.25) is 0 Å². The van der Waals surface area contributed by atoms with Crippen LogP contribution in [0.3, 0.4) is 0 Å². The molecule has 0 heterocycles. The van der Waals surface area contributed by atoms with Crippen LogP contribution in [0.1, 0.15) is 11.1 Å². The van der Waals surface area contributed by atoms with Crippen molar-refractivity contribution in [3.63, 3.8) is 0 Å². The standard InChI is InChI=1S/C20H27N3O3.HI/c1-21-20(23-14-16-7-6-9-18(13-16)24-2)22-11-12-26-15-17-8-4-5-10-19(17)25-3;/h4-10,13H,11-12,14-15H2,1-3H3,(H2,21,22,23);1H. The molecule has 0 saturated heterocycles. The number of nitrogens with one attached hydrogen (secondary N) is 2. The summed E-state index contributed by atoms with van der Waals surface area (Å²) < 4.78 is 16.3.